The maximum Gasteiger partial charge on any atom is 0.331 e. The Kier molecular flexibility index (Phi) is 4.21. The van der Waals surface area contributed by atoms with Gasteiger partial charge in [-0.25, -0.2) is 4.79 Å². The molecule has 6 heteroatoms. The lowest BCUT2D eigenvalue weighted by Crippen LogP contribution is -2.27. The Morgan fingerprint density at radius 2 is 2.06 bits per heavy atom. The van der Waals surface area contributed by atoms with Crippen LogP contribution >= 0.6 is 0 Å². The molecule has 6 nitrogen and oxygen atoms in total. The molecule has 0 aliphatic heterocycles. The summed E-state index contributed by atoms with van der Waals surface area (Å²) in [4.78, 5) is 32.2. The number of esters is 1. The van der Waals surface area contributed by atoms with E-state index in [1.165, 1.54) is 19.1 Å². The van der Waals surface area contributed by atoms with Crippen LogP contribution < -0.4 is 10.1 Å². The summed E-state index contributed by atoms with van der Waals surface area (Å²) in [5.74, 6) is -1.69. The number of aliphatic carboxylic acids is 1. The number of carboxylic acid groups (broad SMARTS) is 1. The minimum atomic E-state index is -1.25. The highest BCUT2D eigenvalue weighted by Crippen LogP contribution is 2.25. The number of carbonyl (C=O) groups excluding carboxylic acids is 2. The van der Waals surface area contributed by atoms with Crippen molar-refractivity contribution in [2.24, 2.45) is 0 Å². The van der Waals surface area contributed by atoms with E-state index >= 15 is 0 Å². The van der Waals surface area contributed by atoms with E-state index in [2.05, 4.69) is 5.32 Å². The highest BCUT2D eigenvalue weighted by molar-refractivity contribution is 5.80. The van der Waals surface area contributed by atoms with Gasteiger partial charge < -0.3 is 15.2 Å². The molecule has 1 aromatic rings. The first-order valence-electron chi connectivity index (χ1n) is 4.76. The molecule has 2 N–H and O–H groups in total. The molecular formula is C11H11NO5. The summed E-state index contributed by atoms with van der Waals surface area (Å²) in [5.41, 5.74) is 0.210. The molecule has 1 rings (SSSR count). The summed E-state index contributed by atoms with van der Waals surface area (Å²) < 4.78 is 4.86. The normalized spacial score (nSPS) is 11.4. The van der Waals surface area contributed by atoms with Crippen LogP contribution in [0.1, 0.15) is 18.5 Å². The number of amides is 1. The van der Waals surface area contributed by atoms with Gasteiger partial charge in [0.1, 0.15) is 5.75 Å². The van der Waals surface area contributed by atoms with Crippen LogP contribution in [0.5, 0.6) is 5.75 Å². The van der Waals surface area contributed by atoms with Crippen LogP contribution in [0, 0.1) is 0 Å². The quantitative estimate of drug-likeness (QED) is 0.441. The molecule has 0 bridgehead atoms. The van der Waals surface area contributed by atoms with Crippen molar-refractivity contribution in [1.82, 2.24) is 5.32 Å². The average Bonchev–Trinajstić information content (AvgIpc) is 2.26. The molecule has 17 heavy (non-hydrogen) atoms. The molecule has 1 unspecified atom stereocenters. The molecule has 1 amide bonds. The van der Waals surface area contributed by atoms with Crippen molar-refractivity contribution in [1.29, 1.82) is 0 Å². The standard InChI is InChI=1S/C11H11NO5/c1-7(14)17-9-5-3-2-4-8(9)10(11(15)16)12-6-13/h2-6,10H,1H3,(H,12,13)(H,15,16). The Hall–Kier alpha value is -2.37. The predicted molar refractivity (Wildman–Crippen MR) is 57.3 cm³/mol. The molecular weight excluding hydrogens is 226 g/mol. The lowest BCUT2D eigenvalue weighted by atomic mass is 10.1. The van der Waals surface area contributed by atoms with Gasteiger partial charge in [-0.15, -0.1) is 0 Å². The molecule has 1 atom stereocenters. The third-order valence-corrected chi connectivity index (χ3v) is 1.97. The zero-order valence-electron chi connectivity index (χ0n) is 9.04. The number of rotatable bonds is 5. The molecule has 0 radical (unpaired) electrons. The lowest BCUT2D eigenvalue weighted by molar-refractivity contribution is -0.141. The van der Waals surface area contributed by atoms with Gasteiger partial charge in [-0.05, 0) is 6.07 Å². The largest absolute Gasteiger partial charge is 0.479 e. The molecule has 0 saturated carbocycles. The number of carbonyl (C=O) groups is 3. The highest BCUT2D eigenvalue weighted by atomic mass is 16.5. The lowest BCUT2D eigenvalue weighted by Gasteiger charge is -2.14. The van der Waals surface area contributed by atoms with Gasteiger partial charge in [-0.2, -0.15) is 0 Å². The maximum absolute atomic E-state index is 11.0. The van der Waals surface area contributed by atoms with Crippen LogP contribution in [0.25, 0.3) is 0 Å². The number of benzene rings is 1. The van der Waals surface area contributed by atoms with Gasteiger partial charge in [0.05, 0.1) is 0 Å². The van der Waals surface area contributed by atoms with Gasteiger partial charge >= 0.3 is 11.9 Å². The fraction of sp³-hybridized carbons (Fsp3) is 0.182. The number of hydrogen-bond acceptors (Lipinski definition) is 4. The molecule has 90 valence electrons. The Bertz CT molecular complexity index is 443. The number of para-hydroxylation sites is 1. The first-order chi connectivity index (χ1) is 8.06. The van der Waals surface area contributed by atoms with E-state index in [9.17, 15) is 14.4 Å². The Balaban J connectivity index is 3.12. The summed E-state index contributed by atoms with van der Waals surface area (Å²) in [6.07, 6.45) is 0.281. The summed E-state index contributed by atoms with van der Waals surface area (Å²) >= 11 is 0. The van der Waals surface area contributed by atoms with E-state index in [-0.39, 0.29) is 17.7 Å². The van der Waals surface area contributed by atoms with E-state index in [1.54, 1.807) is 12.1 Å². The summed E-state index contributed by atoms with van der Waals surface area (Å²) in [7, 11) is 0. The fourth-order valence-electron chi connectivity index (χ4n) is 1.33. The van der Waals surface area contributed by atoms with Crippen LogP contribution in [0.15, 0.2) is 24.3 Å². The van der Waals surface area contributed by atoms with E-state index in [1.807, 2.05) is 0 Å². The molecule has 1 aromatic carbocycles. The predicted octanol–water partition coefficient (Wildman–Crippen LogP) is 0.484. The Morgan fingerprint density at radius 1 is 1.41 bits per heavy atom. The van der Waals surface area contributed by atoms with Crippen molar-refractivity contribution in [3.8, 4) is 5.75 Å². The van der Waals surface area contributed by atoms with Crippen LogP contribution in [-0.2, 0) is 14.4 Å². The van der Waals surface area contributed by atoms with E-state index in [4.69, 9.17) is 9.84 Å². The van der Waals surface area contributed by atoms with E-state index < -0.39 is 18.0 Å². The van der Waals surface area contributed by atoms with Gasteiger partial charge in [0.15, 0.2) is 6.04 Å². The molecule has 0 saturated heterocycles. The highest BCUT2D eigenvalue weighted by Gasteiger charge is 2.22. The van der Waals surface area contributed by atoms with Gasteiger partial charge in [0.25, 0.3) is 0 Å². The second-order valence-electron chi connectivity index (χ2n) is 3.19. The van der Waals surface area contributed by atoms with Gasteiger partial charge in [-0.1, -0.05) is 18.2 Å². The number of hydrogen-bond donors (Lipinski definition) is 2. The monoisotopic (exact) mass is 237 g/mol. The molecule has 0 spiro atoms. The minimum Gasteiger partial charge on any atom is -0.479 e. The number of nitrogens with one attached hydrogen (secondary N) is 1. The molecule has 0 heterocycles. The molecule has 0 aliphatic rings. The first kappa shape index (κ1) is 12.7. The van der Waals surface area contributed by atoms with Crippen molar-refractivity contribution in [2.75, 3.05) is 0 Å². The second kappa shape index (κ2) is 5.64. The third kappa shape index (κ3) is 3.30. The zero-order chi connectivity index (χ0) is 12.8. The molecule has 0 aliphatic carbocycles. The Morgan fingerprint density at radius 3 is 2.59 bits per heavy atom. The Labute approximate surface area is 97.2 Å². The summed E-state index contributed by atoms with van der Waals surface area (Å²) in [6.45, 7) is 1.21. The van der Waals surface area contributed by atoms with Crippen LogP contribution in [0.2, 0.25) is 0 Å². The number of carboxylic acids is 1. The minimum absolute atomic E-state index is 0.113. The third-order valence-electron chi connectivity index (χ3n) is 1.97. The van der Waals surface area contributed by atoms with Crippen molar-refractivity contribution in [2.45, 2.75) is 13.0 Å². The molecule has 0 aromatic heterocycles. The van der Waals surface area contributed by atoms with Crippen molar-refractivity contribution >= 4 is 18.3 Å². The van der Waals surface area contributed by atoms with Gasteiger partial charge in [0.2, 0.25) is 6.41 Å². The average molecular weight is 237 g/mol. The first-order valence-corrected chi connectivity index (χ1v) is 4.76. The van der Waals surface area contributed by atoms with E-state index in [0.717, 1.165) is 0 Å². The van der Waals surface area contributed by atoms with Crippen molar-refractivity contribution in [3.63, 3.8) is 0 Å². The van der Waals surface area contributed by atoms with Gasteiger partial charge in [0, 0.05) is 12.5 Å². The second-order valence-corrected chi connectivity index (χ2v) is 3.19. The van der Waals surface area contributed by atoms with Crippen LogP contribution in [0.3, 0.4) is 0 Å². The van der Waals surface area contributed by atoms with E-state index in [0.29, 0.717) is 0 Å². The topological polar surface area (TPSA) is 92.7 Å². The SMILES string of the molecule is CC(=O)Oc1ccccc1C(NC=O)C(=O)O. The maximum atomic E-state index is 11.0. The summed E-state index contributed by atoms with van der Waals surface area (Å²) in [6, 6.07) is 4.86. The van der Waals surface area contributed by atoms with Crippen LogP contribution in [-0.4, -0.2) is 23.5 Å². The smallest absolute Gasteiger partial charge is 0.331 e. The van der Waals surface area contributed by atoms with Crippen molar-refractivity contribution < 1.29 is 24.2 Å². The summed E-state index contributed by atoms with van der Waals surface area (Å²) in [5, 5.41) is 11.1. The molecule has 0 fully saturated rings. The van der Waals surface area contributed by atoms with Crippen LogP contribution in [0.4, 0.5) is 0 Å². The van der Waals surface area contributed by atoms with Crippen molar-refractivity contribution in [3.05, 3.63) is 29.8 Å². The van der Waals surface area contributed by atoms with Gasteiger partial charge in [-0.3, -0.25) is 9.59 Å². The zero-order valence-corrected chi connectivity index (χ0v) is 9.04. The number of ether oxygens (including phenoxy) is 1. The fourth-order valence-corrected chi connectivity index (χ4v) is 1.33.